The molecule has 1 aromatic rings. The second-order valence-electron chi connectivity index (χ2n) is 4.69. The van der Waals surface area contributed by atoms with Crippen LogP contribution in [0.4, 0.5) is 23.2 Å². The molecule has 1 fully saturated rings. The Kier molecular flexibility index (Phi) is 3.78. The van der Waals surface area contributed by atoms with E-state index in [1.807, 2.05) is 0 Å². The zero-order valence-electron chi connectivity index (χ0n) is 9.80. The van der Waals surface area contributed by atoms with Crippen molar-refractivity contribution in [2.45, 2.75) is 37.9 Å². The molecule has 0 amide bonds. The predicted molar refractivity (Wildman–Crippen MR) is 61.8 cm³/mol. The molecule has 0 radical (unpaired) electrons. The highest BCUT2D eigenvalue weighted by atomic mass is 19.4. The fraction of sp³-hybridized carbons (Fsp3) is 0.538. The van der Waals surface area contributed by atoms with Crippen LogP contribution < -0.4 is 5.32 Å². The minimum Gasteiger partial charge on any atom is -0.382 e. The van der Waals surface area contributed by atoms with Gasteiger partial charge in [0.15, 0.2) is 0 Å². The quantitative estimate of drug-likeness (QED) is 0.780. The molecule has 5 heteroatoms. The number of rotatable bonds is 2. The van der Waals surface area contributed by atoms with Gasteiger partial charge in [-0.05, 0) is 37.1 Å². The maximum absolute atomic E-state index is 12.9. The van der Waals surface area contributed by atoms with Gasteiger partial charge in [0.2, 0.25) is 0 Å². The number of hydrogen-bond acceptors (Lipinski definition) is 1. The third kappa shape index (κ3) is 3.15. The van der Waals surface area contributed by atoms with Crippen LogP contribution in [0.2, 0.25) is 0 Å². The van der Waals surface area contributed by atoms with Gasteiger partial charge in [-0.2, -0.15) is 13.2 Å². The number of nitrogens with one attached hydrogen (secondary N) is 1. The van der Waals surface area contributed by atoms with E-state index in [9.17, 15) is 17.6 Å². The molecule has 1 N–H and O–H groups in total. The van der Waals surface area contributed by atoms with Crippen LogP contribution in [0.3, 0.4) is 0 Å². The Hall–Kier alpha value is -1.26. The molecular formula is C13H15F4N. The zero-order chi connectivity index (χ0) is 13.2. The van der Waals surface area contributed by atoms with Crippen LogP contribution in [-0.4, -0.2) is 12.2 Å². The van der Waals surface area contributed by atoms with Crippen LogP contribution in [0, 0.1) is 11.7 Å². The smallest absolute Gasteiger partial charge is 0.382 e. The summed E-state index contributed by atoms with van der Waals surface area (Å²) in [6.07, 6.45) is -2.08. The molecule has 2 rings (SSSR count). The van der Waals surface area contributed by atoms with Gasteiger partial charge in [0.25, 0.3) is 0 Å². The molecule has 1 aliphatic rings. The molecule has 1 aromatic carbocycles. The predicted octanol–water partition coefficient (Wildman–Crippen LogP) is 4.36. The molecule has 0 spiro atoms. The molecule has 0 aromatic heterocycles. The Morgan fingerprint density at radius 1 is 1.00 bits per heavy atom. The molecule has 18 heavy (non-hydrogen) atoms. The summed E-state index contributed by atoms with van der Waals surface area (Å²) in [5.41, 5.74) is 0.539. The van der Waals surface area contributed by atoms with Crippen LogP contribution >= 0.6 is 0 Å². The van der Waals surface area contributed by atoms with Gasteiger partial charge in [-0.25, -0.2) is 4.39 Å². The lowest BCUT2D eigenvalue weighted by molar-refractivity contribution is -0.184. The highest BCUT2D eigenvalue weighted by molar-refractivity contribution is 5.44. The minimum absolute atomic E-state index is 0.169. The van der Waals surface area contributed by atoms with Crippen molar-refractivity contribution in [3.63, 3.8) is 0 Å². The summed E-state index contributed by atoms with van der Waals surface area (Å²) in [5.74, 6) is -1.70. The number of benzene rings is 1. The summed E-state index contributed by atoms with van der Waals surface area (Å²) < 4.78 is 51.3. The van der Waals surface area contributed by atoms with Crippen molar-refractivity contribution in [2.75, 3.05) is 5.32 Å². The van der Waals surface area contributed by atoms with Crippen molar-refractivity contribution in [3.8, 4) is 0 Å². The molecular weight excluding hydrogens is 246 g/mol. The number of anilines is 1. The number of alkyl halides is 3. The van der Waals surface area contributed by atoms with Crippen molar-refractivity contribution in [1.29, 1.82) is 0 Å². The Bertz CT molecular complexity index is 385. The van der Waals surface area contributed by atoms with Crippen LogP contribution in [0.25, 0.3) is 0 Å². The summed E-state index contributed by atoms with van der Waals surface area (Å²) in [6.45, 7) is 0. The van der Waals surface area contributed by atoms with Gasteiger partial charge in [-0.3, -0.25) is 0 Å². The van der Waals surface area contributed by atoms with E-state index in [0.717, 1.165) is 6.42 Å². The summed E-state index contributed by atoms with van der Waals surface area (Å²) in [5, 5.41) is 2.88. The van der Waals surface area contributed by atoms with Crippen molar-refractivity contribution in [1.82, 2.24) is 0 Å². The maximum atomic E-state index is 12.9. The van der Waals surface area contributed by atoms with E-state index in [1.54, 1.807) is 0 Å². The minimum atomic E-state index is -4.17. The first-order valence-electron chi connectivity index (χ1n) is 6.05. The standard InChI is InChI=1S/C13H15F4N/c14-9-5-7-10(8-6-9)18-12-4-2-1-3-11(12)13(15,16)17/h5-8,11-12,18H,1-4H2. The number of hydrogen-bond donors (Lipinski definition) is 1. The summed E-state index contributed by atoms with van der Waals surface area (Å²) in [4.78, 5) is 0. The first-order chi connectivity index (χ1) is 8.47. The largest absolute Gasteiger partial charge is 0.393 e. The van der Waals surface area contributed by atoms with E-state index < -0.39 is 24.0 Å². The third-order valence-corrected chi connectivity index (χ3v) is 3.38. The molecule has 1 aliphatic carbocycles. The van der Waals surface area contributed by atoms with Gasteiger partial charge in [0.05, 0.1) is 5.92 Å². The first kappa shape index (κ1) is 13.2. The van der Waals surface area contributed by atoms with E-state index in [1.165, 1.54) is 24.3 Å². The second kappa shape index (κ2) is 5.16. The van der Waals surface area contributed by atoms with Gasteiger partial charge in [0.1, 0.15) is 5.82 Å². The summed E-state index contributed by atoms with van der Waals surface area (Å²) in [6, 6.07) is 4.82. The number of halogens is 4. The molecule has 2 atom stereocenters. The highest BCUT2D eigenvalue weighted by Crippen LogP contribution is 2.38. The van der Waals surface area contributed by atoms with E-state index in [-0.39, 0.29) is 6.42 Å². The zero-order valence-corrected chi connectivity index (χ0v) is 9.80. The molecule has 0 aliphatic heterocycles. The normalized spacial score (nSPS) is 24.9. The average molecular weight is 261 g/mol. The van der Waals surface area contributed by atoms with Crippen molar-refractivity contribution in [3.05, 3.63) is 30.1 Å². The molecule has 0 bridgehead atoms. The Labute approximate surface area is 103 Å². The van der Waals surface area contributed by atoms with Crippen LogP contribution in [0.1, 0.15) is 25.7 Å². The van der Waals surface area contributed by atoms with E-state index in [0.29, 0.717) is 18.5 Å². The van der Waals surface area contributed by atoms with E-state index >= 15 is 0 Å². The van der Waals surface area contributed by atoms with E-state index in [4.69, 9.17) is 0 Å². The van der Waals surface area contributed by atoms with Gasteiger partial charge in [-0.15, -0.1) is 0 Å². The molecule has 0 saturated heterocycles. The Morgan fingerprint density at radius 2 is 1.61 bits per heavy atom. The van der Waals surface area contributed by atoms with Crippen LogP contribution in [0.15, 0.2) is 24.3 Å². The molecule has 100 valence electrons. The average Bonchev–Trinajstić information content (AvgIpc) is 2.31. The van der Waals surface area contributed by atoms with Crippen molar-refractivity contribution in [2.24, 2.45) is 5.92 Å². The first-order valence-corrected chi connectivity index (χ1v) is 6.05. The van der Waals surface area contributed by atoms with E-state index in [2.05, 4.69) is 5.32 Å². The Balaban J connectivity index is 2.08. The highest BCUT2D eigenvalue weighted by Gasteiger charge is 2.45. The van der Waals surface area contributed by atoms with Gasteiger partial charge in [0, 0.05) is 11.7 Å². The van der Waals surface area contributed by atoms with Crippen molar-refractivity contribution >= 4 is 5.69 Å². The lowest BCUT2D eigenvalue weighted by Crippen LogP contribution is -2.41. The summed E-state index contributed by atoms with van der Waals surface area (Å²) >= 11 is 0. The lowest BCUT2D eigenvalue weighted by atomic mass is 9.84. The van der Waals surface area contributed by atoms with Gasteiger partial charge >= 0.3 is 6.18 Å². The molecule has 2 unspecified atom stereocenters. The fourth-order valence-electron chi connectivity index (χ4n) is 2.46. The second-order valence-corrected chi connectivity index (χ2v) is 4.69. The van der Waals surface area contributed by atoms with Gasteiger partial charge in [-0.1, -0.05) is 12.8 Å². The third-order valence-electron chi connectivity index (χ3n) is 3.38. The van der Waals surface area contributed by atoms with Crippen LogP contribution in [-0.2, 0) is 0 Å². The molecule has 1 saturated carbocycles. The Morgan fingerprint density at radius 3 is 2.22 bits per heavy atom. The maximum Gasteiger partial charge on any atom is 0.393 e. The molecule has 1 nitrogen and oxygen atoms in total. The summed E-state index contributed by atoms with van der Waals surface area (Å²) in [7, 11) is 0. The monoisotopic (exact) mass is 261 g/mol. The molecule has 0 heterocycles. The van der Waals surface area contributed by atoms with Crippen molar-refractivity contribution < 1.29 is 17.6 Å². The fourth-order valence-corrected chi connectivity index (χ4v) is 2.46. The van der Waals surface area contributed by atoms with Gasteiger partial charge < -0.3 is 5.32 Å². The SMILES string of the molecule is Fc1ccc(NC2CCCCC2C(F)(F)F)cc1. The lowest BCUT2D eigenvalue weighted by Gasteiger charge is -2.34. The van der Waals surface area contributed by atoms with Crippen LogP contribution in [0.5, 0.6) is 0 Å². The topological polar surface area (TPSA) is 12.0 Å².